The van der Waals surface area contributed by atoms with Crippen molar-refractivity contribution in [1.82, 2.24) is 4.90 Å². The van der Waals surface area contributed by atoms with E-state index in [1.807, 2.05) is 0 Å². The molecule has 0 N–H and O–H groups in total. The first-order chi connectivity index (χ1) is 12.2. The van der Waals surface area contributed by atoms with Crippen molar-refractivity contribution in [2.75, 3.05) is 33.9 Å². The fourth-order valence-electron chi connectivity index (χ4n) is 1.64. The highest BCUT2D eigenvalue weighted by Crippen LogP contribution is 2.02. The van der Waals surface area contributed by atoms with Gasteiger partial charge in [0.1, 0.15) is 37.6 Å². The van der Waals surface area contributed by atoms with Crippen LogP contribution in [0.2, 0.25) is 0 Å². The van der Waals surface area contributed by atoms with Crippen molar-refractivity contribution in [3.05, 3.63) is 0 Å². The van der Waals surface area contributed by atoms with Crippen molar-refractivity contribution in [2.45, 2.75) is 45.6 Å². The lowest BCUT2D eigenvalue weighted by Crippen LogP contribution is -2.34. The lowest BCUT2D eigenvalue weighted by atomic mass is 10.2. The quantitative estimate of drug-likeness (QED) is 0.255. The maximum absolute atomic E-state index is 11.7. The molecule has 0 rings (SSSR count). The van der Waals surface area contributed by atoms with Crippen LogP contribution in [-0.2, 0) is 38.2 Å². The molecule has 0 aromatic rings. The Bertz CT molecular complexity index is 481. The first-order valence-electron chi connectivity index (χ1n) is 8.36. The van der Waals surface area contributed by atoms with Crippen LogP contribution in [0, 0.1) is 0 Å². The van der Waals surface area contributed by atoms with E-state index in [-0.39, 0.29) is 57.0 Å². The first-order valence-corrected chi connectivity index (χ1v) is 8.36. The van der Waals surface area contributed by atoms with E-state index in [4.69, 9.17) is 14.2 Å². The lowest BCUT2D eigenvalue weighted by Gasteiger charge is -2.19. The van der Waals surface area contributed by atoms with E-state index in [9.17, 15) is 24.0 Å². The SMILES string of the molecule is CCC(=O)CC(=O)OCC(COC(=O)CC(=O)CC)OC(=O)CN(C)C. The number of ether oxygens (including phenoxy) is 3. The highest BCUT2D eigenvalue weighted by molar-refractivity contribution is 5.95. The van der Waals surface area contributed by atoms with E-state index in [0.717, 1.165) is 0 Å². The molecule has 0 saturated heterocycles. The fraction of sp³-hybridized carbons (Fsp3) is 0.706. The zero-order valence-electron chi connectivity index (χ0n) is 15.7. The minimum atomic E-state index is -1.02. The Balaban J connectivity index is 4.60. The van der Waals surface area contributed by atoms with Crippen LogP contribution in [0.25, 0.3) is 0 Å². The molecule has 0 heterocycles. The second kappa shape index (κ2) is 13.0. The van der Waals surface area contributed by atoms with E-state index in [1.165, 1.54) is 0 Å². The smallest absolute Gasteiger partial charge is 0.320 e. The minimum absolute atomic E-state index is 0.0129. The predicted molar refractivity (Wildman–Crippen MR) is 90.2 cm³/mol. The largest absolute Gasteiger partial charge is 0.461 e. The van der Waals surface area contributed by atoms with Gasteiger partial charge < -0.3 is 14.2 Å². The number of nitrogens with zero attached hydrogens (tertiary/aromatic N) is 1. The van der Waals surface area contributed by atoms with Crippen molar-refractivity contribution in [3.63, 3.8) is 0 Å². The van der Waals surface area contributed by atoms with Crippen molar-refractivity contribution in [1.29, 1.82) is 0 Å². The molecular formula is C17H27NO8. The molecule has 0 aromatic carbocycles. The highest BCUT2D eigenvalue weighted by atomic mass is 16.6. The average molecular weight is 373 g/mol. The number of hydrogen-bond donors (Lipinski definition) is 0. The summed E-state index contributed by atoms with van der Waals surface area (Å²) >= 11 is 0. The van der Waals surface area contributed by atoms with Gasteiger partial charge in [-0.2, -0.15) is 0 Å². The fourth-order valence-corrected chi connectivity index (χ4v) is 1.64. The van der Waals surface area contributed by atoms with Crippen LogP contribution in [0.3, 0.4) is 0 Å². The first kappa shape index (κ1) is 23.7. The molecule has 26 heavy (non-hydrogen) atoms. The van der Waals surface area contributed by atoms with Crippen LogP contribution in [-0.4, -0.2) is 74.3 Å². The van der Waals surface area contributed by atoms with Crippen LogP contribution in [0.15, 0.2) is 0 Å². The summed E-state index contributed by atoms with van der Waals surface area (Å²) < 4.78 is 14.9. The number of Topliss-reactive ketones (excluding diaryl/α,β-unsaturated/α-hetero) is 2. The van der Waals surface area contributed by atoms with Gasteiger partial charge in [0.15, 0.2) is 6.10 Å². The van der Waals surface area contributed by atoms with E-state index in [2.05, 4.69) is 0 Å². The molecule has 0 atom stereocenters. The summed E-state index contributed by atoms with van der Waals surface area (Å²) in [7, 11) is 3.34. The van der Waals surface area contributed by atoms with Gasteiger partial charge in [-0.3, -0.25) is 28.9 Å². The minimum Gasteiger partial charge on any atom is -0.461 e. The molecule has 9 nitrogen and oxygen atoms in total. The monoisotopic (exact) mass is 373 g/mol. The number of esters is 3. The van der Waals surface area contributed by atoms with E-state index >= 15 is 0 Å². The van der Waals surface area contributed by atoms with Gasteiger partial charge in [0.2, 0.25) is 0 Å². The third kappa shape index (κ3) is 12.1. The maximum atomic E-state index is 11.7. The van der Waals surface area contributed by atoms with Crippen LogP contribution >= 0.6 is 0 Å². The molecule has 0 unspecified atom stereocenters. The van der Waals surface area contributed by atoms with Crippen LogP contribution < -0.4 is 0 Å². The summed E-state index contributed by atoms with van der Waals surface area (Å²) in [6.45, 7) is 2.52. The third-order valence-corrected chi connectivity index (χ3v) is 3.08. The Hall–Kier alpha value is -2.29. The summed E-state index contributed by atoms with van der Waals surface area (Å²) in [6, 6.07) is 0. The van der Waals surface area contributed by atoms with E-state index < -0.39 is 24.0 Å². The number of rotatable bonds is 13. The normalized spacial score (nSPS) is 10.5. The number of hydrogen-bond acceptors (Lipinski definition) is 9. The zero-order valence-corrected chi connectivity index (χ0v) is 15.7. The van der Waals surface area contributed by atoms with Gasteiger partial charge in [0, 0.05) is 12.8 Å². The van der Waals surface area contributed by atoms with Crippen molar-refractivity contribution in [3.8, 4) is 0 Å². The van der Waals surface area contributed by atoms with E-state index in [1.54, 1.807) is 32.8 Å². The summed E-state index contributed by atoms with van der Waals surface area (Å²) in [4.78, 5) is 58.9. The summed E-state index contributed by atoms with van der Waals surface area (Å²) in [5, 5.41) is 0. The van der Waals surface area contributed by atoms with Gasteiger partial charge in [-0.25, -0.2) is 0 Å². The lowest BCUT2D eigenvalue weighted by molar-refractivity contribution is -0.167. The van der Waals surface area contributed by atoms with Crippen LogP contribution in [0.5, 0.6) is 0 Å². The van der Waals surface area contributed by atoms with Gasteiger partial charge in [-0.05, 0) is 14.1 Å². The Morgan fingerprint density at radius 1 is 0.769 bits per heavy atom. The maximum Gasteiger partial charge on any atom is 0.320 e. The summed E-state index contributed by atoms with van der Waals surface area (Å²) in [6.07, 6.45) is -1.36. The second-order valence-electron chi connectivity index (χ2n) is 5.85. The summed E-state index contributed by atoms with van der Waals surface area (Å²) in [5.41, 5.74) is 0. The number of carbonyl (C=O) groups is 5. The van der Waals surface area contributed by atoms with Gasteiger partial charge in [0.25, 0.3) is 0 Å². The van der Waals surface area contributed by atoms with Gasteiger partial charge >= 0.3 is 17.9 Å². The van der Waals surface area contributed by atoms with Crippen LogP contribution in [0.4, 0.5) is 0 Å². The number of carbonyl (C=O) groups excluding carboxylic acids is 5. The molecule has 0 aromatic heterocycles. The molecule has 0 spiro atoms. The van der Waals surface area contributed by atoms with Crippen molar-refractivity contribution >= 4 is 29.5 Å². The molecule has 0 bridgehead atoms. The summed E-state index contributed by atoms with van der Waals surface area (Å²) in [5.74, 6) is -2.65. The Morgan fingerprint density at radius 2 is 1.19 bits per heavy atom. The average Bonchev–Trinajstić information content (AvgIpc) is 2.56. The molecule has 0 amide bonds. The van der Waals surface area contributed by atoms with Crippen molar-refractivity contribution < 1.29 is 38.2 Å². The molecule has 9 heteroatoms. The van der Waals surface area contributed by atoms with Crippen molar-refractivity contribution in [2.24, 2.45) is 0 Å². The number of ketones is 2. The molecule has 0 radical (unpaired) electrons. The molecule has 0 aliphatic heterocycles. The van der Waals surface area contributed by atoms with E-state index in [0.29, 0.717) is 0 Å². The molecule has 148 valence electrons. The second-order valence-corrected chi connectivity index (χ2v) is 5.85. The Kier molecular flexibility index (Phi) is 11.8. The number of likely N-dealkylation sites (N-methyl/N-ethyl adjacent to an activating group) is 1. The third-order valence-electron chi connectivity index (χ3n) is 3.08. The highest BCUT2D eigenvalue weighted by Gasteiger charge is 2.21. The topological polar surface area (TPSA) is 116 Å². The molecular weight excluding hydrogens is 346 g/mol. The standard InChI is InChI=1S/C17H27NO8/c1-5-12(19)7-15(21)24-10-14(26-17(23)9-18(3)4)11-25-16(22)8-13(20)6-2/h14H,5-11H2,1-4H3. The molecule has 0 aliphatic rings. The van der Waals surface area contributed by atoms with Gasteiger partial charge in [0.05, 0.1) is 6.54 Å². The van der Waals surface area contributed by atoms with Gasteiger partial charge in [-0.1, -0.05) is 13.8 Å². The Morgan fingerprint density at radius 3 is 1.54 bits per heavy atom. The molecule has 0 fully saturated rings. The molecule has 0 aliphatic carbocycles. The van der Waals surface area contributed by atoms with Crippen LogP contribution in [0.1, 0.15) is 39.5 Å². The molecule has 0 saturated carbocycles. The Labute approximate surface area is 152 Å². The zero-order chi connectivity index (χ0) is 20.1. The predicted octanol–water partition coefficient (Wildman–Crippen LogP) is 0.285. The van der Waals surface area contributed by atoms with Gasteiger partial charge in [-0.15, -0.1) is 0 Å².